The number of hydrogen-bond donors (Lipinski definition) is 0. The Morgan fingerprint density at radius 3 is 1.89 bits per heavy atom. The molecule has 0 radical (unpaired) electrons. The van der Waals surface area contributed by atoms with E-state index in [1.54, 1.807) is 0 Å². The lowest BCUT2D eigenvalue weighted by Gasteiger charge is -2.25. The van der Waals surface area contributed by atoms with Crippen LogP contribution in [0.3, 0.4) is 0 Å². The Balaban J connectivity index is 0.00000154. The maximum Gasteiger partial charge on any atom is 0.0274 e. The molecule has 1 aromatic rings. The van der Waals surface area contributed by atoms with Gasteiger partial charge in [0.25, 0.3) is 0 Å². The van der Waals surface area contributed by atoms with Crippen molar-refractivity contribution in [3.63, 3.8) is 0 Å². The molecule has 1 rings (SSSR count). The average Bonchev–Trinajstić information content (AvgIpc) is 2.28. The van der Waals surface area contributed by atoms with Gasteiger partial charge in [-0.05, 0) is 23.5 Å². The van der Waals surface area contributed by atoms with Crippen LogP contribution in [0.25, 0.3) is 0 Å². The molecule has 0 unspecified atom stereocenters. The molecule has 0 spiro atoms. The number of thioether (sulfide) groups is 1. The molecule has 0 aromatic heterocycles. The summed E-state index contributed by atoms with van der Waals surface area (Å²) in [4.78, 5) is 0. The average molecular weight is 281 g/mol. The van der Waals surface area contributed by atoms with E-state index in [1.807, 2.05) is 25.6 Å². The molecule has 1 aromatic carbocycles. The molecular weight excluding hydrogens is 248 g/mol. The lowest BCUT2D eigenvalue weighted by Crippen LogP contribution is -2.13. The van der Waals surface area contributed by atoms with Crippen LogP contribution in [0.15, 0.2) is 24.3 Å². The van der Waals surface area contributed by atoms with Gasteiger partial charge in [-0.25, -0.2) is 0 Å². The van der Waals surface area contributed by atoms with Crippen molar-refractivity contribution in [2.24, 2.45) is 0 Å². The third-order valence-corrected chi connectivity index (χ3v) is 4.09. The quantitative estimate of drug-likeness (QED) is 0.588. The SMILES string of the molecule is CC.C[C@@H](SC(C)(C)C)c1cccc(C(C)(C)C)c1. The fourth-order valence-electron chi connectivity index (χ4n) is 1.86. The second-order valence-electron chi connectivity index (χ2n) is 6.75. The maximum atomic E-state index is 2.36. The lowest BCUT2D eigenvalue weighted by molar-refractivity contribution is 0.589. The summed E-state index contributed by atoms with van der Waals surface area (Å²) >= 11 is 2.03. The van der Waals surface area contributed by atoms with Crippen molar-refractivity contribution < 1.29 is 0 Å². The zero-order chi connectivity index (χ0) is 15.3. The summed E-state index contributed by atoms with van der Waals surface area (Å²) in [6.07, 6.45) is 0. The van der Waals surface area contributed by atoms with Crippen molar-refractivity contribution in [1.82, 2.24) is 0 Å². The van der Waals surface area contributed by atoms with Crippen LogP contribution in [-0.4, -0.2) is 4.75 Å². The molecule has 0 N–H and O–H groups in total. The topological polar surface area (TPSA) is 0 Å². The molecule has 19 heavy (non-hydrogen) atoms. The van der Waals surface area contributed by atoms with Gasteiger partial charge in [-0.1, -0.05) is 79.7 Å². The minimum atomic E-state index is 0.238. The zero-order valence-corrected chi connectivity index (χ0v) is 15.1. The third-order valence-electron chi connectivity index (χ3n) is 2.75. The molecule has 0 aliphatic carbocycles. The molecule has 1 atom stereocenters. The minimum Gasteiger partial charge on any atom is -0.148 e. The van der Waals surface area contributed by atoms with Crippen molar-refractivity contribution in [2.45, 2.75) is 77.7 Å². The molecule has 0 saturated carbocycles. The Bertz CT molecular complexity index is 366. The molecular formula is C18H32S. The fraction of sp³-hybridized carbons (Fsp3) is 0.667. The van der Waals surface area contributed by atoms with Crippen LogP contribution in [0.4, 0.5) is 0 Å². The van der Waals surface area contributed by atoms with Crippen molar-refractivity contribution in [1.29, 1.82) is 0 Å². The van der Waals surface area contributed by atoms with E-state index in [0.717, 1.165) is 0 Å². The van der Waals surface area contributed by atoms with Gasteiger partial charge in [-0.2, -0.15) is 0 Å². The lowest BCUT2D eigenvalue weighted by atomic mass is 9.86. The van der Waals surface area contributed by atoms with Crippen LogP contribution in [0, 0.1) is 0 Å². The van der Waals surface area contributed by atoms with Crippen LogP contribution in [-0.2, 0) is 5.41 Å². The van der Waals surface area contributed by atoms with Crippen molar-refractivity contribution in [3.8, 4) is 0 Å². The highest BCUT2D eigenvalue weighted by Crippen LogP contribution is 2.38. The van der Waals surface area contributed by atoms with E-state index in [0.29, 0.717) is 10.00 Å². The summed E-state index contributed by atoms with van der Waals surface area (Å²) in [5.41, 5.74) is 3.11. The zero-order valence-electron chi connectivity index (χ0n) is 14.3. The number of hydrogen-bond acceptors (Lipinski definition) is 1. The third kappa shape index (κ3) is 7.06. The molecule has 110 valence electrons. The Morgan fingerprint density at radius 1 is 0.947 bits per heavy atom. The first-order valence-corrected chi connectivity index (χ1v) is 8.26. The predicted octanol–water partition coefficient (Wildman–Crippen LogP) is 6.60. The summed E-state index contributed by atoms with van der Waals surface area (Å²) in [5.74, 6) is 0. The fourth-order valence-corrected chi connectivity index (χ4v) is 3.20. The van der Waals surface area contributed by atoms with E-state index < -0.39 is 0 Å². The Kier molecular flexibility index (Phi) is 7.21. The van der Waals surface area contributed by atoms with Crippen LogP contribution in [0.2, 0.25) is 0 Å². The van der Waals surface area contributed by atoms with E-state index in [2.05, 4.69) is 72.7 Å². The monoisotopic (exact) mass is 280 g/mol. The number of benzene rings is 1. The van der Waals surface area contributed by atoms with Crippen molar-refractivity contribution >= 4 is 11.8 Å². The van der Waals surface area contributed by atoms with E-state index in [4.69, 9.17) is 0 Å². The molecule has 1 heteroatoms. The van der Waals surface area contributed by atoms with E-state index in [9.17, 15) is 0 Å². The summed E-state index contributed by atoms with van der Waals surface area (Å²) in [7, 11) is 0. The maximum absolute atomic E-state index is 2.36. The normalized spacial score (nSPS) is 13.5. The summed E-state index contributed by atoms with van der Waals surface area (Å²) < 4.78 is 0.317. The molecule has 0 nitrogen and oxygen atoms in total. The van der Waals surface area contributed by atoms with Crippen molar-refractivity contribution in [2.75, 3.05) is 0 Å². The van der Waals surface area contributed by atoms with Gasteiger partial charge >= 0.3 is 0 Å². The van der Waals surface area contributed by atoms with Gasteiger partial charge in [-0.3, -0.25) is 0 Å². The Labute approximate surface area is 125 Å². The van der Waals surface area contributed by atoms with E-state index in [-0.39, 0.29) is 5.41 Å². The molecule has 0 heterocycles. The largest absolute Gasteiger partial charge is 0.148 e. The summed E-state index contributed by atoms with van der Waals surface area (Å²) in [5, 5.41) is 0.553. The molecule has 0 bridgehead atoms. The highest BCUT2D eigenvalue weighted by molar-refractivity contribution is 8.00. The Morgan fingerprint density at radius 2 is 1.47 bits per heavy atom. The van der Waals surface area contributed by atoms with E-state index in [1.165, 1.54) is 11.1 Å². The molecule has 0 aliphatic heterocycles. The Hall–Kier alpha value is -0.430. The number of rotatable bonds is 2. The summed E-state index contributed by atoms with van der Waals surface area (Å²) in [6.45, 7) is 20.0. The van der Waals surface area contributed by atoms with E-state index >= 15 is 0 Å². The first-order valence-electron chi connectivity index (χ1n) is 7.38. The molecule has 0 fully saturated rings. The van der Waals surface area contributed by atoms with Gasteiger partial charge < -0.3 is 0 Å². The first kappa shape index (κ1) is 18.6. The van der Waals surface area contributed by atoms with Gasteiger partial charge in [-0.15, -0.1) is 11.8 Å². The summed E-state index contributed by atoms with van der Waals surface area (Å²) in [6, 6.07) is 9.04. The predicted molar refractivity (Wildman–Crippen MR) is 92.2 cm³/mol. The highest BCUT2D eigenvalue weighted by atomic mass is 32.2. The van der Waals surface area contributed by atoms with Crippen molar-refractivity contribution in [3.05, 3.63) is 35.4 Å². The van der Waals surface area contributed by atoms with Gasteiger partial charge in [0, 0.05) is 10.00 Å². The highest BCUT2D eigenvalue weighted by Gasteiger charge is 2.19. The van der Waals surface area contributed by atoms with Gasteiger partial charge in [0.1, 0.15) is 0 Å². The minimum absolute atomic E-state index is 0.238. The van der Waals surface area contributed by atoms with Crippen LogP contribution >= 0.6 is 11.8 Å². The standard InChI is InChI=1S/C16H26S.C2H6/c1-12(17-16(5,6)7)13-9-8-10-14(11-13)15(2,3)4;1-2/h8-12H,1-7H3;1-2H3/t12-;/m1./s1. The second-order valence-corrected chi connectivity index (χ2v) is 8.92. The molecule has 0 saturated heterocycles. The first-order chi connectivity index (χ1) is 8.59. The van der Waals surface area contributed by atoms with Crippen LogP contribution in [0.1, 0.15) is 78.7 Å². The van der Waals surface area contributed by atoms with Gasteiger partial charge in [0.05, 0.1) is 0 Å². The van der Waals surface area contributed by atoms with Gasteiger partial charge in [0.2, 0.25) is 0 Å². The van der Waals surface area contributed by atoms with Gasteiger partial charge in [0.15, 0.2) is 0 Å². The molecule has 0 aliphatic rings. The van der Waals surface area contributed by atoms with Crippen LogP contribution < -0.4 is 0 Å². The van der Waals surface area contributed by atoms with Crippen LogP contribution in [0.5, 0.6) is 0 Å². The smallest absolute Gasteiger partial charge is 0.0274 e. The molecule has 0 amide bonds. The second kappa shape index (κ2) is 7.38.